The van der Waals surface area contributed by atoms with Crippen LogP contribution in [0.2, 0.25) is 5.02 Å². The molecule has 0 bridgehead atoms. The summed E-state index contributed by atoms with van der Waals surface area (Å²) in [6.45, 7) is 6.34. The van der Waals surface area contributed by atoms with Gasteiger partial charge in [-0.25, -0.2) is 0 Å². The fraction of sp³-hybridized carbons (Fsp3) is 0.240. The molecule has 0 radical (unpaired) electrons. The number of carbonyl (C=O) groups excluding carboxylic acids is 1. The zero-order chi connectivity index (χ0) is 20.4. The van der Waals surface area contributed by atoms with Crippen LogP contribution in [0.25, 0.3) is 0 Å². The summed E-state index contributed by atoms with van der Waals surface area (Å²) in [6.07, 6.45) is 0. The van der Waals surface area contributed by atoms with E-state index in [0.717, 1.165) is 18.0 Å². The Bertz CT molecular complexity index is 927. The number of benzene rings is 3. The van der Waals surface area contributed by atoms with Crippen LogP contribution in [0, 0.1) is 19.8 Å². The highest BCUT2D eigenvalue weighted by Crippen LogP contribution is 2.27. The van der Waals surface area contributed by atoms with E-state index in [-0.39, 0.29) is 11.7 Å². The molecule has 0 spiro atoms. The van der Waals surface area contributed by atoms with Gasteiger partial charge in [-0.2, -0.15) is 0 Å². The topological polar surface area (TPSA) is 23.6 Å². The van der Waals surface area contributed by atoms with Crippen molar-refractivity contribution in [2.75, 3.05) is 29.6 Å². The lowest BCUT2D eigenvalue weighted by Crippen LogP contribution is -2.52. The van der Waals surface area contributed by atoms with E-state index in [9.17, 15) is 4.79 Å². The lowest BCUT2D eigenvalue weighted by Gasteiger charge is -2.42. The maximum atomic E-state index is 13.3. The molecule has 3 aromatic carbocycles. The Kier molecular flexibility index (Phi) is 5.59. The first kappa shape index (κ1) is 19.5. The molecule has 0 N–H and O–H groups in total. The van der Waals surface area contributed by atoms with Gasteiger partial charge in [-0.3, -0.25) is 4.79 Å². The summed E-state index contributed by atoms with van der Waals surface area (Å²) in [7, 11) is 0. The third-order valence-electron chi connectivity index (χ3n) is 5.52. The van der Waals surface area contributed by atoms with Gasteiger partial charge in [-0.15, -0.1) is 0 Å². The summed E-state index contributed by atoms with van der Waals surface area (Å²) in [5, 5.41) is 0.646. The number of rotatable bonds is 4. The molecule has 3 aromatic rings. The van der Waals surface area contributed by atoms with E-state index in [0.29, 0.717) is 23.7 Å². The van der Waals surface area contributed by atoms with Gasteiger partial charge in [0.2, 0.25) is 0 Å². The van der Waals surface area contributed by atoms with Crippen molar-refractivity contribution >= 4 is 28.8 Å². The SMILES string of the molecule is Cc1ccc(N2CC(C(=O)c3ccc(Cl)cc3)CN(c3ccc(C)cc3)C2)cc1. The maximum Gasteiger partial charge on any atom is 0.169 e. The van der Waals surface area contributed by atoms with Gasteiger partial charge in [-0.1, -0.05) is 47.0 Å². The minimum Gasteiger partial charge on any atom is -0.353 e. The minimum atomic E-state index is -0.118. The molecule has 0 saturated carbocycles. The van der Waals surface area contributed by atoms with Gasteiger partial charge in [0.1, 0.15) is 0 Å². The Morgan fingerprint density at radius 2 is 1.21 bits per heavy atom. The van der Waals surface area contributed by atoms with Crippen LogP contribution in [-0.2, 0) is 0 Å². The molecule has 1 aliphatic heterocycles. The molecule has 3 nitrogen and oxygen atoms in total. The number of hydrogen-bond acceptors (Lipinski definition) is 3. The number of ketones is 1. The van der Waals surface area contributed by atoms with Crippen molar-refractivity contribution in [3.05, 3.63) is 94.5 Å². The first-order valence-electron chi connectivity index (χ1n) is 9.92. The molecule has 1 aliphatic rings. The largest absolute Gasteiger partial charge is 0.353 e. The van der Waals surface area contributed by atoms with Crippen LogP contribution >= 0.6 is 11.6 Å². The highest BCUT2D eigenvalue weighted by atomic mass is 35.5. The standard InChI is InChI=1S/C25H25ClN2O/c1-18-3-11-23(12-4-18)27-15-21(25(29)20-7-9-22(26)10-8-20)16-28(17-27)24-13-5-19(2)6-14-24/h3-14,21H,15-17H2,1-2H3. The Hall–Kier alpha value is -2.78. The van der Waals surface area contributed by atoms with Crippen molar-refractivity contribution in [1.82, 2.24) is 0 Å². The molecule has 1 heterocycles. The molecule has 0 unspecified atom stereocenters. The summed E-state index contributed by atoms with van der Waals surface area (Å²) in [6, 6.07) is 24.3. The van der Waals surface area contributed by atoms with Gasteiger partial charge in [0.05, 0.1) is 12.6 Å². The number of halogens is 1. The smallest absolute Gasteiger partial charge is 0.169 e. The van der Waals surface area contributed by atoms with Crippen LogP contribution < -0.4 is 9.80 Å². The van der Waals surface area contributed by atoms with E-state index in [1.54, 1.807) is 12.1 Å². The van der Waals surface area contributed by atoms with Crippen LogP contribution in [0.4, 0.5) is 11.4 Å². The fourth-order valence-corrected chi connectivity index (χ4v) is 3.94. The Morgan fingerprint density at radius 1 is 0.759 bits per heavy atom. The van der Waals surface area contributed by atoms with Gasteiger partial charge in [0.15, 0.2) is 5.78 Å². The summed E-state index contributed by atoms with van der Waals surface area (Å²) < 4.78 is 0. The molecule has 0 aliphatic carbocycles. The van der Waals surface area contributed by atoms with Gasteiger partial charge in [0, 0.05) is 35.1 Å². The second kappa shape index (κ2) is 8.30. The molecule has 1 fully saturated rings. The minimum absolute atomic E-state index is 0.118. The van der Waals surface area contributed by atoms with E-state index in [1.165, 1.54) is 11.1 Å². The second-order valence-corrected chi connectivity index (χ2v) is 8.26. The van der Waals surface area contributed by atoms with E-state index < -0.39 is 0 Å². The molecule has 29 heavy (non-hydrogen) atoms. The van der Waals surface area contributed by atoms with E-state index in [4.69, 9.17) is 11.6 Å². The zero-order valence-electron chi connectivity index (χ0n) is 16.8. The van der Waals surface area contributed by atoms with Gasteiger partial charge >= 0.3 is 0 Å². The van der Waals surface area contributed by atoms with E-state index in [1.807, 2.05) is 12.1 Å². The van der Waals surface area contributed by atoms with Crippen molar-refractivity contribution in [2.24, 2.45) is 5.92 Å². The third-order valence-corrected chi connectivity index (χ3v) is 5.77. The predicted octanol–water partition coefficient (Wildman–Crippen LogP) is 5.74. The first-order chi connectivity index (χ1) is 14.0. The van der Waals surface area contributed by atoms with Gasteiger partial charge in [0.25, 0.3) is 0 Å². The third kappa shape index (κ3) is 4.46. The highest BCUT2D eigenvalue weighted by Gasteiger charge is 2.31. The molecule has 1 saturated heterocycles. The summed E-state index contributed by atoms with van der Waals surface area (Å²) >= 11 is 6.01. The van der Waals surface area contributed by atoms with Crippen molar-refractivity contribution in [2.45, 2.75) is 13.8 Å². The normalized spacial score (nSPS) is 14.9. The van der Waals surface area contributed by atoms with Crippen LogP contribution in [0.1, 0.15) is 21.5 Å². The molecular weight excluding hydrogens is 380 g/mol. The lowest BCUT2D eigenvalue weighted by atomic mass is 9.94. The number of nitrogens with zero attached hydrogens (tertiary/aromatic N) is 2. The molecule has 0 amide bonds. The Balaban J connectivity index is 1.64. The number of anilines is 2. The quantitative estimate of drug-likeness (QED) is 0.518. The first-order valence-corrected chi connectivity index (χ1v) is 10.3. The fourth-order valence-electron chi connectivity index (χ4n) is 3.81. The lowest BCUT2D eigenvalue weighted by molar-refractivity contribution is 0.0919. The van der Waals surface area contributed by atoms with Crippen molar-refractivity contribution < 1.29 is 4.79 Å². The van der Waals surface area contributed by atoms with Crippen molar-refractivity contribution in [3.63, 3.8) is 0 Å². The predicted molar refractivity (Wildman–Crippen MR) is 121 cm³/mol. The number of Topliss-reactive ketones (excluding diaryl/α,β-unsaturated/α-hetero) is 1. The van der Waals surface area contributed by atoms with E-state index in [2.05, 4.69) is 72.2 Å². The summed E-state index contributed by atoms with van der Waals surface area (Å²) in [4.78, 5) is 17.9. The maximum absolute atomic E-state index is 13.3. The van der Waals surface area contributed by atoms with Crippen molar-refractivity contribution in [3.8, 4) is 0 Å². The molecular formula is C25H25ClN2O. The molecule has 148 valence electrons. The van der Waals surface area contributed by atoms with Crippen molar-refractivity contribution in [1.29, 1.82) is 0 Å². The highest BCUT2D eigenvalue weighted by molar-refractivity contribution is 6.30. The van der Waals surface area contributed by atoms with Crippen LogP contribution in [0.5, 0.6) is 0 Å². The molecule has 4 rings (SSSR count). The Morgan fingerprint density at radius 3 is 1.66 bits per heavy atom. The average molecular weight is 405 g/mol. The second-order valence-electron chi connectivity index (χ2n) is 7.83. The number of hydrogen-bond donors (Lipinski definition) is 0. The monoisotopic (exact) mass is 404 g/mol. The summed E-state index contributed by atoms with van der Waals surface area (Å²) in [5.41, 5.74) is 5.46. The van der Waals surface area contributed by atoms with Gasteiger partial charge < -0.3 is 9.80 Å². The Labute approximate surface area is 177 Å². The summed E-state index contributed by atoms with van der Waals surface area (Å²) in [5.74, 6) is 0.0446. The zero-order valence-corrected chi connectivity index (χ0v) is 17.6. The van der Waals surface area contributed by atoms with Gasteiger partial charge in [-0.05, 0) is 62.4 Å². The molecule has 4 heteroatoms. The number of carbonyl (C=O) groups is 1. The molecule has 0 atom stereocenters. The number of aryl methyl sites for hydroxylation is 2. The van der Waals surface area contributed by atoms with E-state index >= 15 is 0 Å². The average Bonchev–Trinajstić information content (AvgIpc) is 2.74. The van der Waals surface area contributed by atoms with Crippen LogP contribution in [-0.4, -0.2) is 25.5 Å². The van der Waals surface area contributed by atoms with Crippen LogP contribution in [0.3, 0.4) is 0 Å². The van der Waals surface area contributed by atoms with Crippen LogP contribution in [0.15, 0.2) is 72.8 Å². The molecule has 0 aromatic heterocycles.